The molecule has 3 rings (SSSR count). The van der Waals surface area contributed by atoms with Crippen LogP contribution >= 0.6 is 0 Å². The third-order valence-electron chi connectivity index (χ3n) is 7.01. The van der Waals surface area contributed by atoms with Crippen LogP contribution in [0.1, 0.15) is 54.9 Å². The topological polar surface area (TPSA) is 15.3 Å². The number of nitrogens with one attached hydrogen (secondary N) is 1. The summed E-state index contributed by atoms with van der Waals surface area (Å²) < 4.78 is 0. The van der Waals surface area contributed by atoms with Gasteiger partial charge in [0.05, 0.1) is 0 Å². The molecule has 1 atom stereocenters. The Morgan fingerprint density at radius 3 is 2.28 bits per heavy atom. The Balaban J connectivity index is 2.06. The van der Waals surface area contributed by atoms with Gasteiger partial charge in [-0.25, -0.2) is 0 Å². The van der Waals surface area contributed by atoms with Gasteiger partial charge in [-0.3, -0.25) is 0 Å². The Bertz CT molecular complexity index is 1020. The van der Waals surface area contributed by atoms with Crippen molar-refractivity contribution in [1.29, 1.82) is 0 Å². The molecule has 0 amide bonds. The third-order valence-corrected chi connectivity index (χ3v) is 7.01. The molecule has 2 heteroatoms. The fourth-order valence-corrected chi connectivity index (χ4v) is 5.12. The van der Waals surface area contributed by atoms with E-state index in [4.69, 9.17) is 0 Å². The van der Waals surface area contributed by atoms with E-state index in [2.05, 4.69) is 101 Å². The molecular formula is C30H40N2. The third kappa shape index (κ3) is 4.91. The highest BCUT2D eigenvalue weighted by atomic mass is 15.1. The van der Waals surface area contributed by atoms with Crippen LogP contribution in [0.15, 0.2) is 66.4 Å². The van der Waals surface area contributed by atoms with Crippen molar-refractivity contribution in [1.82, 2.24) is 10.2 Å². The van der Waals surface area contributed by atoms with Crippen molar-refractivity contribution in [3.05, 3.63) is 88.7 Å². The fraction of sp³-hybridized carbons (Fsp3) is 0.400. The van der Waals surface area contributed by atoms with Gasteiger partial charge in [-0.15, -0.1) is 6.58 Å². The van der Waals surface area contributed by atoms with Crippen LogP contribution in [0, 0.1) is 13.8 Å². The van der Waals surface area contributed by atoms with E-state index in [9.17, 15) is 0 Å². The van der Waals surface area contributed by atoms with Gasteiger partial charge in [-0.05, 0) is 104 Å². The van der Waals surface area contributed by atoms with E-state index in [1.54, 1.807) is 0 Å². The predicted octanol–water partition coefficient (Wildman–Crippen LogP) is 7.08. The van der Waals surface area contributed by atoms with E-state index in [-0.39, 0.29) is 0 Å². The molecule has 0 spiro atoms. The van der Waals surface area contributed by atoms with Gasteiger partial charge < -0.3 is 10.2 Å². The van der Waals surface area contributed by atoms with E-state index < -0.39 is 0 Å². The smallest absolute Gasteiger partial charge is 0.0371 e. The fourth-order valence-electron chi connectivity index (χ4n) is 5.12. The Morgan fingerprint density at radius 1 is 1.00 bits per heavy atom. The van der Waals surface area contributed by atoms with E-state index in [0.717, 1.165) is 32.1 Å². The second-order valence-electron chi connectivity index (χ2n) is 9.10. The summed E-state index contributed by atoms with van der Waals surface area (Å²) in [5, 5.41) is 3.54. The SMILES string of the molecule is C=CCCC(NC)C1=C(N(C)C)C=C(c2cccc(-c3cccc(CC)c3C)c2C)CC1. The lowest BCUT2D eigenvalue weighted by Gasteiger charge is -2.31. The number of aryl methyl sites for hydroxylation is 1. The van der Waals surface area contributed by atoms with Crippen molar-refractivity contribution in [2.45, 2.75) is 58.9 Å². The summed E-state index contributed by atoms with van der Waals surface area (Å²) >= 11 is 0. The van der Waals surface area contributed by atoms with Gasteiger partial charge in [0.15, 0.2) is 0 Å². The van der Waals surface area contributed by atoms with Crippen LogP contribution in [-0.4, -0.2) is 32.1 Å². The zero-order valence-corrected chi connectivity index (χ0v) is 20.9. The van der Waals surface area contributed by atoms with Gasteiger partial charge in [-0.2, -0.15) is 0 Å². The first-order valence-corrected chi connectivity index (χ1v) is 12.0. The highest BCUT2D eigenvalue weighted by Crippen LogP contribution is 2.38. The second kappa shape index (κ2) is 10.8. The number of benzene rings is 2. The zero-order chi connectivity index (χ0) is 23.3. The summed E-state index contributed by atoms with van der Waals surface area (Å²) in [6.07, 6.45) is 9.82. The monoisotopic (exact) mass is 428 g/mol. The average molecular weight is 429 g/mol. The number of hydrogen-bond donors (Lipinski definition) is 1. The first kappa shape index (κ1) is 24.1. The Labute approximate surface area is 195 Å². The lowest BCUT2D eigenvalue weighted by molar-refractivity contribution is 0.486. The van der Waals surface area contributed by atoms with Gasteiger partial charge in [0.25, 0.3) is 0 Å². The van der Waals surface area contributed by atoms with E-state index >= 15 is 0 Å². The van der Waals surface area contributed by atoms with Gasteiger partial charge in [0.1, 0.15) is 0 Å². The van der Waals surface area contributed by atoms with Crippen molar-refractivity contribution in [2.24, 2.45) is 0 Å². The Morgan fingerprint density at radius 2 is 1.66 bits per heavy atom. The molecule has 2 aromatic carbocycles. The van der Waals surface area contributed by atoms with Crippen molar-refractivity contribution >= 4 is 5.57 Å². The van der Waals surface area contributed by atoms with E-state index in [1.807, 2.05) is 6.08 Å². The first-order chi connectivity index (χ1) is 15.4. The van der Waals surface area contributed by atoms with Crippen LogP contribution < -0.4 is 5.32 Å². The van der Waals surface area contributed by atoms with Crippen LogP contribution in [0.4, 0.5) is 0 Å². The number of allylic oxidation sites excluding steroid dienone is 3. The molecule has 0 fully saturated rings. The molecule has 170 valence electrons. The van der Waals surface area contributed by atoms with Gasteiger partial charge in [0.2, 0.25) is 0 Å². The van der Waals surface area contributed by atoms with Gasteiger partial charge in [0, 0.05) is 25.8 Å². The molecule has 0 radical (unpaired) electrons. The van der Waals surface area contributed by atoms with Crippen molar-refractivity contribution in [3.63, 3.8) is 0 Å². The summed E-state index contributed by atoms with van der Waals surface area (Å²) in [6, 6.07) is 13.9. The van der Waals surface area contributed by atoms with Crippen LogP contribution in [0.2, 0.25) is 0 Å². The van der Waals surface area contributed by atoms with Gasteiger partial charge in [-0.1, -0.05) is 49.4 Å². The minimum atomic E-state index is 0.398. The molecule has 1 aliphatic carbocycles. The van der Waals surface area contributed by atoms with Crippen molar-refractivity contribution in [2.75, 3.05) is 21.1 Å². The first-order valence-electron chi connectivity index (χ1n) is 12.0. The van der Waals surface area contributed by atoms with Crippen molar-refractivity contribution < 1.29 is 0 Å². The van der Waals surface area contributed by atoms with Crippen LogP contribution in [0.25, 0.3) is 16.7 Å². The molecule has 1 aliphatic rings. The summed E-state index contributed by atoms with van der Waals surface area (Å²) in [5.74, 6) is 0. The quantitative estimate of drug-likeness (QED) is 0.429. The molecule has 0 bridgehead atoms. The highest BCUT2D eigenvalue weighted by Gasteiger charge is 2.23. The average Bonchev–Trinajstić information content (AvgIpc) is 2.80. The molecule has 0 aromatic heterocycles. The Hall–Kier alpha value is -2.58. The van der Waals surface area contributed by atoms with Crippen molar-refractivity contribution in [3.8, 4) is 11.1 Å². The molecule has 2 nitrogen and oxygen atoms in total. The largest absolute Gasteiger partial charge is 0.378 e. The molecular weight excluding hydrogens is 388 g/mol. The summed E-state index contributed by atoms with van der Waals surface area (Å²) in [7, 11) is 6.41. The number of rotatable bonds is 9. The van der Waals surface area contributed by atoms with E-state index in [1.165, 1.54) is 50.2 Å². The zero-order valence-electron chi connectivity index (χ0n) is 20.9. The van der Waals surface area contributed by atoms with Crippen LogP contribution in [-0.2, 0) is 6.42 Å². The maximum absolute atomic E-state index is 3.91. The maximum Gasteiger partial charge on any atom is 0.0371 e. The summed E-state index contributed by atoms with van der Waals surface area (Å²) in [5.41, 5.74) is 12.6. The normalized spacial score (nSPS) is 14.9. The predicted molar refractivity (Wildman–Crippen MR) is 141 cm³/mol. The molecule has 0 heterocycles. The minimum Gasteiger partial charge on any atom is -0.378 e. The minimum absolute atomic E-state index is 0.398. The second-order valence-corrected chi connectivity index (χ2v) is 9.10. The molecule has 32 heavy (non-hydrogen) atoms. The summed E-state index contributed by atoms with van der Waals surface area (Å²) in [4.78, 5) is 2.28. The number of nitrogens with zero attached hydrogens (tertiary/aromatic N) is 1. The van der Waals surface area contributed by atoms with Gasteiger partial charge >= 0.3 is 0 Å². The van der Waals surface area contributed by atoms with E-state index in [0.29, 0.717) is 6.04 Å². The molecule has 0 saturated carbocycles. The molecule has 1 N–H and O–H groups in total. The molecule has 2 aromatic rings. The lowest BCUT2D eigenvalue weighted by Crippen LogP contribution is -2.31. The van der Waals surface area contributed by atoms with Crippen LogP contribution in [0.5, 0.6) is 0 Å². The molecule has 1 unspecified atom stereocenters. The van der Waals surface area contributed by atoms with Crippen LogP contribution in [0.3, 0.4) is 0 Å². The molecule has 0 saturated heterocycles. The number of hydrogen-bond acceptors (Lipinski definition) is 2. The standard InChI is InChI=1S/C30H40N2/c1-8-10-17-29(31-5)28-19-18-24(20-30(28)32(6)7)25-14-12-16-27(22(25)4)26-15-11-13-23(9-2)21(26)3/h8,11-16,20,29,31H,1,9-10,17-19H2,2-7H3. The highest BCUT2D eigenvalue weighted by molar-refractivity contribution is 5.80. The number of likely N-dealkylation sites (N-methyl/N-ethyl adjacent to an activating group) is 2. The maximum atomic E-state index is 3.91. The Kier molecular flexibility index (Phi) is 8.15. The summed E-state index contributed by atoms with van der Waals surface area (Å²) in [6.45, 7) is 10.7. The molecule has 0 aliphatic heterocycles. The lowest BCUT2D eigenvalue weighted by atomic mass is 9.83.